The monoisotopic (exact) mass is 288 g/mol. The summed E-state index contributed by atoms with van der Waals surface area (Å²) in [5, 5.41) is 9.58. The number of carboxylic acid groups (broad SMARTS) is 1. The fourth-order valence-electron chi connectivity index (χ4n) is 3.90. The predicted molar refractivity (Wildman–Crippen MR) is 77.6 cm³/mol. The first kappa shape index (κ1) is 14.1. The fraction of sp³-hybridized carbons (Fsp3) is 0.500. The molecule has 1 heterocycles. The molecule has 5 nitrogen and oxygen atoms in total. The predicted octanol–water partition coefficient (Wildman–Crippen LogP) is 1.47. The maximum Gasteiger partial charge on any atom is 0.311 e. The molecule has 0 bridgehead atoms. The SMILES string of the molecule is NC(=O)c1ccc(CN2C[C@@H]3CCC[C@@]3(C(=O)O)C2)cc1. The third-order valence-electron chi connectivity index (χ3n) is 5.01. The number of fused-ring (bicyclic) bond motifs is 1. The number of likely N-dealkylation sites (tertiary alicyclic amines) is 1. The van der Waals surface area contributed by atoms with Crippen LogP contribution in [0.1, 0.15) is 35.2 Å². The van der Waals surface area contributed by atoms with Gasteiger partial charge in [0.15, 0.2) is 0 Å². The van der Waals surface area contributed by atoms with Gasteiger partial charge in [0.1, 0.15) is 0 Å². The summed E-state index contributed by atoms with van der Waals surface area (Å²) in [4.78, 5) is 24.9. The molecule has 1 amide bonds. The second-order valence-corrected chi connectivity index (χ2v) is 6.28. The average Bonchev–Trinajstić information content (AvgIpc) is 2.97. The van der Waals surface area contributed by atoms with Gasteiger partial charge in [0.05, 0.1) is 5.41 Å². The van der Waals surface area contributed by atoms with Crippen LogP contribution in [0.25, 0.3) is 0 Å². The Hall–Kier alpha value is -1.88. The van der Waals surface area contributed by atoms with E-state index in [9.17, 15) is 14.7 Å². The summed E-state index contributed by atoms with van der Waals surface area (Å²) in [6, 6.07) is 7.23. The molecule has 2 atom stereocenters. The summed E-state index contributed by atoms with van der Waals surface area (Å²) in [7, 11) is 0. The largest absolute Gasteiger partial charge is 0.481 e. The molecule has 0 radical (unpaired) electrons. The summed E-state index contributed by atoms with van der Waals surface area (Å²) < 4.78 is 0. The smallest absolute Gasteiger partial charge is 0.311 e. The van der Waals surface area contributed by atoms with Crippen LogP contribution in [0.3, 0.4) is 0 Å². The second-order valence-electron chi connectivity index (χ2n) is 6.28. The molecule has 1 saturated carbocycles. The lowest BCUT2D eigenvalue weighted by molar-refractivity contribution is -0.149. The normalized spacial score (nSPS) is 28.5. The first-order valence-electron chi connectivity index (χ1n) is 7.36. The number of amides is 1. The third-order valence-corrected chi connectivity index (χ3v) is 5.01. The molecule has 2 fully saturated rings. The van der Waals surface area contributed by atoms with E-state index >= 15 is 0 Å². The molecule has 1 aliphatic heterocycles. The van der Waals surface area contributed by atoms with E-state index in [0.717, 1.165) is 37.9 Å². The molecule has 2 aliphatic rings. The maximum atomic E-state index is 11.6. The Kier molecular flexibility index (Phi) is 3.45. The van der Waals surface area contributed by atoms with E-state index in [1.54, 1.807) is 12.1 Å². The molecule has 3 N–H and O–H groups in total. The van der Waals surface area contributed by atoms with Gasteiger partial charge in [-0.3, -0.25) is 14.5 Å². The van der Waals surface area contributed by atoms with Crippen LogP contribution in [0.4, 0.5) is 0 Å². The molecule has 1 aliphatic carbocycles. The highest BCUT2D eigenvalue weighted by atomic mass is 16.4. The van der Waals surface area contributed by atoms with Crippen LogP contribution in [-0.2, 0) is 11.3 Å². The number of nitrogens with two attached hydrogens (primary N) is 1. The van der Waals surface area contributed by atoms with Crippen molar-refractivity contribution in [3.8, 4) is 0 Å². The van der Waals surface area contributed by atoms with Crippen molar-refractivity contribution in [2.45, 2.75) is 25.8 Å². The zero-order valence-electron chi connectivity index (χ0n) is 11.9. The van der Waals surface area contributed by atoms with E-state index in [1.165, 1.54) is 0 Å². The van der Waals surface area contributed by atoms with Gasteiger partial charge in [-0.2, -0.15) is 0 Å². The van der Waals surface area contributed by atoms with Gasteiger partial charge in [-0.1, -0.05) is 18.6 Å². The number of carboxylic acids is 1. The molecule has 1 saturated heterocycles. The Labute approximate surface area is 123 Å². The van der Waals surface area contributed by atoms with Crippen LogP contribution < -0.4 is 5.73 Å². The Morgan fingerprint density at radius 1 is 1.33 bits per heavy atom. The minimum atomic E-state index is -0.642. The van der Waals surface area contributed by atoms with E-state index in [0.29, 0.717) is 12.1 Å². The highest BCUT2D eigenvalue weighted by Gasteiger charge is 2.54. The van der Waals surface area contributed by atoms with Crippen LogP contribution >= 0.6 is 0 Å². The van der Waals surface area contributed by atoms with Crippen LogP contribution in [-0.4, -0.2) is 35.0 Å². The molecular weight excluding hydrogens is 268 g/mol. The standard InChI is InChI=1S/C16H20N2O3/c17-14(19)12-5-3-11(4-6-12)8-18-9-13-2-1-7-16(13,10-18)15(20)21/h3-6,13H,1-2,7-10H2,(H2,17,19)(H,20,21)/t13-,16+/m0/s1. The van der Waals surface area contributed by atoms with Gasteiger partial charge in [0.25, 0.3) is 0 Å². The zero-order chi connectivity index (χ0) is 15.0. The van der Waals surface area contributed by atoms with E-state index in [-0.39, 0.29) is 5.92 Å². The minimum absolute atomic E-state index is 0.278. The average molecular weight is 288 g/mol. The molecule has 21 heavy (non-hydrogen) atoms. The van der Waals surface area contributed by atoms with Crippen molar-refractivity contribution in [2.24, 2.45) is 17.1 Å². The summed E-state index contributed by atoms with van der Waals surface area (Å²) in [6.45, 7) is 2.21. The second kappa shape index (κ2) is 5.15. The Bertz CT molecular complexity index is 569. The summed E-state index contributed by atoms with van der Waals surface area (Å²) in [5.41, 5.74) is 6.27. The summed E-state index contributed by atoms with van der Waals surface area (Å²) in [5.74, 6) is -0.793. The lowest BCUT2D eigenvalue weighted by Crippen LogP contribution is -2.35. The van der Waals surface area contributed by atoms with Crippen molar-refractivity contribution in [2.75, 3.05) is 13.1 Å². The third kappa shape index (κ3) is 2.42. The number of carbonyl (C=O) groups excluding carboxylic acids is 1. The molecule has 1 aromatic carbocycles. The maximum absolute atomic E-state index is 11.6. The van der Waals surface area contributed by atoms with Gasteiger partial charge in [-0.05, 0) is 36.5 Å². The molecule has 0 aromatic heterocycles. The topological polar surface area (TPSA) is 83.6 Å². The molecule has 0 unspecified atom stereocenters. The first-order chi connectivity index (χ1) is 10.0. The van der Waals surface area contributed by atoms with Crippen molar-refractivity contribution in [3.63, 3.8) is 0 Å². The van der Waals surface area contributed by atoms with E-state index in [4.69, 9.17) is 5.73 Å². The molecule has 112 valence electrons. The van der Waals surface area contributed by atoms with Gasteiger partial charge in [0.2, 0.25) is 5.91 Å². The van der Waals surface area contributed by atoms with E-state index in [1.807, 2.05) is 12.1 Å². The van der Waals surface area contributed by atoms with Gasteiger partial charge in [0, 0.05) is 25.2 Å². The van der Waals surface area contributed by atoms with Crippen LogP contribution in [0.5, 0.6) is 0 Å². The lowest BCUT2D eigenvalue weighted by atomic mass is 9.81. The number of rotatable bonds is 4. The van der Waals surface area contributed by atoms with Gasteiger partial charge >= 0.3 is 5.97 Å². The summed E-state index contributed by atoms with van der Waals surface area (Å²) in [6.07, 6.45) is 2.84. The molecule has 1 aromatic rings. The highest BCUT2D eigenvalue weighted by Crippen LogP contribution is 2.49. The number of carbonyl (C=O) groups is 2. The van der Waals surface area contributed by atoms with Crippen molar-refractivity contribution >= 4 is 11.9 Å². The number of hydrogen-bond acceptors (Lipinski definition) is 3. The Morgan fingerprint density at radius 3 is 2.62 bits per heavy atom. The lowest BCUT2D eigenvalue weighted by Gasteiger charge is -2.23. The summed E-state index contributed by atoms with van der Waals surface area (Å²) >= 11 is 0. The van der Waals surface area contributed by atoms with E-state index < -0.39 is 17.3 Å². The first-order valence-corrected chi connectivity index (χ1v) is 7.36. The Balaban J connectivity index is 1.70. The van der Waals surface area contributed by atoms with Crippen molar-refractivity contribution in [3.05, 3.63) is 35.4 Å². The van der Waals surface area contributed by atoms with Crippen LogP contribution in [0, 0.1) is 11.3 Å². The number of hydrogen-bond donors (Lipinski definition) is 2. The van der Waals surface area contributed by atoms with E-state index in [2.05, 4.69) is 4.90 Å². The molecular formula is C16H20N2O3. The molecule has 5 heteroatoms. The van der Waals surface area contributed by atoms with Crippen LogP contribution in [0.2, 0.25) is 0 Å². The van der Waals surface area contributed by atoms with Gasteiger partial charge in [-0.15, -0.1) is 0 Å². The Morgan fingerprint density at radius 2 is 2.05 bits per heavy atom. The van der Waals surface area contributed by atoms with Gasteiger partial charge in [-0.25, -0.2) is 0 Å². The number of nitrogens with zero attached hydrogens (tertiary/aromatic N) is 1. The quantitative estimate of drug-likeness (QED) is 0.879. The highest BCUT2D eigenvalue weighted by molar-refractivity contribution is 5.92. The number of primary amides is 1. The zero-order valence-corrected chi connectivity index (χ0v) is 11.9. The number of benzene rings is 1. The van der Waals surface area contributed by atoms with Crippen LogP contribution in [0.15, 0.2) is 24.3 Å². The minimum Gasteiger partial charge on any atom is -0.481 e. The van der Waals surface area contributed by atoms with Crippen molar-refractivity contribution in [1.29, 1.82) is 0 Å². The van der Waals surface area contributed by atoms with Crippen molar-refractivity contribution in [1.82, 2.24) is 4.90 Å². The van der Waals surface area contributed by atoms with Crippen molar-refractivity contribution < 1.29 is 14.7 Å². The molecule has 3 rings (SSSR count). The fourth-order valence-corrected chi connectivity index (χ4v) is 3.90. The molecule has 0 spiro atoms. The number of aliphatic carboxylic acids is 1. The van der Waals surface area contributed by atoms with Gasteiger partial charge < -0.3 is 10.8 Å².